The molecule has 0 aromatic rings. The number of rotatable bonds is 7. The summed E-state index contributed by atoms with van der Waals surface area (Å²) in [4.78, 5) is 0. The Hall–Kier alpha value is -0.0800. The van der Waals surface area contributed by atoms with Crippen molar-refractivity contribution in [3.8, 4) is 0 Å². The van der Waals surface area contributed by atoms with Crippen molar-refractivity contribution in [2.24, 2.45) is 11.3 Å². The van der Waals surface area contributed by atoms with E-state index in [1.807, 2.05) is 0 Å². The quantitative estimate of drug-likeness (QED) is 0.720. The summed E-state index contributed by atoms with van der Waals surface area (Å²) in [6, 6.07) is 0. The lowest BCUT2D eigenvalue weighted by Crippen LogP contribution is -2.37. The first-order valence-electron chi connectivity index (χ1n) is 9.35. The van der Waals surface area contributed by atoms with Crippen molar-refractivity contribution < 1.29 is 4.74 Å². The van der Waals surface area contributed by atoms with E-state index in [4.69, 9.17) is 4.74 Å². The molecule has 21 heavy (non-hydrogen) atoms. The van der Waals surface area contributed by atoms with Gasteiger partial charge in [0.1, 0.15) is 0 Å². The molecule has 2 fully saturated rings. The minimum absolute atomic E-state index is 0.281. The molecule has 0 radical (unpaired) electrons. The zero-order valence-corrected chi connectivity index (χ0v) is 14.8. The Morgan fingerprint density at radius 2 is 1.90 bits per heavy atom. The van der Waals surface area contributed by atoms with Gasteiger partial charge in [-0.1, -0.05) is 47.0 Å². The summed E-state index contributed by atoms with van der Waals surface area (Å²) in [5, 5.41) is 3.67. The Morgan fingerprint density at radius 3 is 2.52 bits per heavy atom. The molecule has 0 aromatic heterocycles. The smallest absolute Gasteiger partial charge is 0.0687 e. The van der Waals surface area contributed by atoms with Gasteiger partial charge in [-0.2, -0.15) is 0 Å². The Morgan fingerprint density at radius 1 is 1.19 bits per heavy atom. The van der Waals surface area contributed by atoms with Crippen LogP contribution in [0.2, 0.25) is 0 Å². The fourth-order valence-corrected chi connectivity index (χ4v) is 4.16. The summed E-state index contributed by atoms with van der Waals surface area (Å²) in [7, 11) is 0. The summed E-state index contributed by atoms with van der Waals surface area (Å²) < 4.78 is 6.59. The van der Waals surface area contributed by atoms with Crippen LogP contribution in [0.1, 0.15) is 85.5 Å². The largest absolute Gasteiger partial charge is 0.372 e. The summed E-state index contributed by atoms with van der Waals surface area (Å²) >= 11 is 0. The van der Waals surface area contributed by atoms with Gasteiger partial charge in [0.25, 0.3) is 0 Å². The average molecular weight is 296 g/mol. The Bertz CT molecular complexity index is 309. The van der Waals surface area contributed by atoms with Crippen molar-refractivity contribution in [2.45, 2.75) is 97.2 Å². The molecule has 1 N–H and O–H groups in total. The summed E-state index contributed by atoms with van der Waals surface area (Å²) in [6.45, 7) is 11.6. The molecule has 2 heteroatoms. The lowest BCUT2D eigenvalue weighted by atomic mass is 9.80. The molecule has 2 rings (SSSR count). The second kappa shape index (κ2) is 7.46. The van der Waals surface area contributed by atoms with Crippen LogP contribution in [0.15, 0.2) is 0 Å². The van der Waals surface area contributed by atoms with E-state index in [0.29, 0.717) is 11.5 Å². The van der Waals surface area contributed by atoms with E-state index in [0.717, 1.165) is 19.0 Å². The highest BCUT2D eigenvalue weighted by atomic mass is 16.5. The van der Waals surface area contributed by atoms with E-state index in [9.17, 15) is 0 Å². The first-order chi connectivity index (χ1) is 9.97. The van der Waals surface area contributed by atoms with Crippen LogP contribution in [0.3, 0.4) is 0 Å². The summed E-state index contributed by atoms with van der Waals surface area (Å²) in [6.07, 6.45) is 12.4. The molecule has 124 valence electrons. The van der Waals surface area contributed by atoms with Gasteiger partial charge < -0.3 is 10.1 Å². The zero-order chi connectivity index (χ0) is 15.3. The van der Waals surface area contributed by atoms with Crippen LogP contribution in [0.4, 0.5) is 0 Å². The van der Waals surface area contributed by atoms with Gasteiger partial charge in [0.15, 0.2) is 0 Å². The van der Waals surface area contributed by atoms with Crippen molar-refractivity contribution in [3.05, 3.63) is 0 Å². The minimum Gasteiger partial charge on any atom is -0.372 e. The van der Waals surface area contributed by atoms with Crippen LogP contribution < -0.4 is 5.32 Å². The maximum absolute atomic E-state index is 6.59. The van der Waals surface area contributed by atoms with Gasteiger partial charge >= 0.3 is 0 Å². The summed E-state index contributed by atoms with van der Waals surface area (Å²) in [5.74, 6) is 0.736. The predicted molar refractivity (Wildman–Crippen MR) is 90.6 cm³/mol. The standard InChI is InChI=1S/C19H37NO/c1-5-18(4,15-20-14-16(2)3)13-17-9-12-19(21-17)10-7-6-8-11-19/h16-17,20H,5-15H2,1-4H3. The second-order valence-electron chi connectivity index (χ2n) is 8.42. The maximum Gasteiger partial charge on any atom is 0.0687 e. The van der Waals surface area contributed by atoms with E-state index in [1.54, 1.807) is 0 Å². The normalized spacial score (nSPS) is 28.1. The molecule has 0 aromatic carbocycles. The zero-order valence-electron chi connectivity index (χ0n) is 14.8. The predicted octanol–water partition coefficient (Wildman–Crippen LogP) is 4.92. The van der Waals surface area contributed by atoms with Crippen LogP contribution in [-0.4, -0.2) is 24.8 Å². The molecular weight excluding hydrogens is 258 g/mol. The molecule has 2 unspecified atom stereocenters. The lowest BCUT2D eigenvalue weighted by molar-refractivity contribution is -0.0760. The van der Waals surface area contributed by atoms with Crippen molar-refractivity contribution in [1.29, 1.82) is 0 Å². The SMILES string of the molecule is CCC(C)(CNCC(C)C)CC1CCC2(CCCCC2)O1. The molecule has 2 aliphatic rings. The summed E-state index contributed by atoms with van der Waals surface area (Å²) in [5.41, 5.74) is 0.669. The maximum atomic E-state index is 6.59. The third-order valence-corrected chi connectivity index (χ3v) is 5.78. The molecule has 1 aliphatic carbocycles. The van der Waals surface area contributed by atoms with Crippen molar-refractivity contribution in [1.82, 2.24) is 5.32 Å². The Balaban J connectivity index is 1.81. The highest BCUT2D eigenvalue weighted by Crippen LogP contribution is 2.44. The minimum atomic E-state index is 0.281. The third kappa shape index (κ3) is 4.96. The fraction of sp³-hybridized carbons (Fsp3) is 1.00. The molecule has 1 spiro atoms. The third-order valence-electron chi connectivity index (χ3n) is 5.78. The number of nitrogens with one attached hydrogen (secondary N) is 1. The van der Waals surface area contributed by atoms with Crippen LogP contribution in [0.5, 0.6) is 0 Å². The molecule has 1 aliphatic heterocycles. The van der Waals surface area contributed by atoms with Crippen LogP contribution in [0.25, 0.3) is 0 Å². The first kappa shape index (κ1) is 17.3. The second-order valence-corrected chi connectivity index (χ2v) is 8.42. The van der Waals surface area contributed by atoms with E-state index in [-0.39, 0.29) is 5.60 Å². The molecule has 2 nitrogen and oxygen atoms in total. The van der Waals surface area contributed by atoms with Crippen LogP contribution >= 0.6 is 0 Å². The van der Waals surface area contributed by atoms with E-state index < -0.39 is 0 Å². The number of hydrogen-bond donors (Lipinski definition) is 1. The van der Waals surface area contributed by atoms with E-state index in [1.165, 1.54) is 57.8 Å². The van der Waals surface area contributed by atoms with Gasteiger partial charge in [-0.15, -0.1) is 0 Å². The van der Waals surface area contributed by atoms with E-state index in [2.05, 4.69) is 33.0 Å². The lowest BCUT2D eigenvalue weighted by Gasteiger charge is -2.36. The monoisotopic (exact) mass is 295 g/mol. The topological polar surface area (TPSA) is 21.3 Å². The highest BCUT2D eigenvalue weighted by Gasteiger charge is 2.42. The van der Waals surface area contributed by atoms with Crippen LogP contribution in [-0.2, 0) is 4.74 Å². The average Bonchev–Trinajstić information content (AvgIpc) is 2.81. The molecular formula is C19H37NO. The van der Waals surface area contributed by atoms with Crippen molar-refractivity contribution in [2.75, 3.05) is 13.1 Å². The van der Waals surface area contributed by atoms with Gasteiger partial charge in [-0.3, -0.25) is 0 Å². The molecule has 1 saturated carbocycles. The Labute approximate surface area is 132 Å². The van der Waals surface area contributed by atoms with Gasteiger partial charge in [0, 0.05) is 6.54 Å². The van der Waals surface area contributed by atoms with Gasteiger partial charge in [-0.05, 0) is 56.4 Å². The van der Waals surface area contributed by atoms with Gasteiger partial charge in [0.2, 0.25) is 0 Å². The van der Waals surface area contributed by atoms with Crippen LogP contribution in [0, 0.1) is 11.3 Å². The molecule has 1 saturated heterocycles. The molecule has 0 amide bonds. The van der Waals surface area contributed by atoms with Gasteiger partial charge in [0.05, 0.1) is 11.7 Å². The molecule has 1 heterocycles. The van der Waals surface area contributed by atoms with Gasteiger partial charge in [-0.25, -0.2) is 0 Å². The highest BCUT2D eigenvalue weighted by molar-refractivity contribution is 4.93. The number of hydrogen-bond acceptors (Lipinski definition) is 2. The van der Waals surface area contributed by atoms with Crippen molar-refractivity contribution >= 4 is 0 Å². The number of ether oxygens (including phenoxy) is 1. The molecule has 2 atom stereocenters. The van der Waals surface area contributed by atoms with E-state index >= 15 is 0 Å². The first-order valence-corrected chi connectivity index (χ1v) is 9.35. The van der Waals surface area contributed by atoms with Crippen molar-refractivity contribution in [3.63, 3.8) is 0 Å². The molecule has 0 bridgehead atoms. The fourth-order valence-electron chi connectivity index (χ4n) is 4.16. The Kier molecular flexibility index (Phi) is 6.14.